The van der Waals surface area contributed by atoms with E-state index in [4.69, 9.17) is 0 Å². The van der Waals surface area contributed by atoms with Crippen molar-refractivity contribution in [3.8, 4) is 0 Å². The zero-order valence-electron chi connectivity index (χ0n) is 17.8. The van der Waals surface area contributed by atoms with Crippen molar-refractivity contribution in [1.82, 2.24) is 4.48 Å². The molecule has 8 heteroatoms. The highest BCUT2D eigenvalue weighted by molar-refractivity contribution is 6.26. The summed E-state index contributed by atoms with van der Waals surface area (Å²) in [6.07, 6.45) is -2.65. The van der Waals surface area contributed by atoms with Gasteiger partial charge in [0, 0.05) is 17.2 Å². The van der Waals surface area contributed by atoms with Crippen LogP contribution in [0.3, 0.4) is 0 Å². The number of amides is 1. The molecule has 4 nitrogen and oxygen atoms in total. The zero-order chi connectivity index (χ0) is 23.7. The van der Waals surface area contributed by atoms with Crippen LogP contribution in [0.1, 0.15) is 49.8 Å². The van der Waals surface area contributed by atoms with E-state index in [-0.39, 0.29) is 29.9 Å². The normalized spacial score (nSPS) is 18.6. The van der Waals surface area contributed by atoms with Crippen LogP contribution in [0.25, 0.3) is 5.57 Å². The lowest BCUT2D eigenvalue weighted by Gasteiger charge is -2.40. The summed E-state index contributed by atoms with van der Waals surface area (Å²) in [6.45, 7) is 3.31. The van der Waals surface area contributed by atoms with Crippen LogP contribution in [-0.2, 0) is 22.3 Å². The summed E-state index contributed by atoms with van der Waals surface area (Å²) in [7, 11) is 0. The van der Waals surface area contributed by atoms with Gasteiger partial charge < -0.3 is 5.11 Å². The summed E-state index contributed by atoms with van der Waals surface area (Å²) in [6, 6.07) is 8.52. The molecule has 0 bridgehead atoms. The molecule has 0 aromatic heterocycles. The van der Waals surface area contributed by atoms with E-state index in [1.54, 1.807) is 6.07 Å². The van der Waals surface area contributed by atoms with Gasteiger partial charge in [0.2, 0.25) is 0 Å². The molecule has 1 amide bonds. The molecule has 170 valence electrons. The number of fused-ring (bicyclic) bond motifs is 1. The van der Waals surface area contributed by atoms with Crippen molar-refractivity contribution in [3.63, 3.8) is 0 Å². The molecule has 1 atom stereocenters. The molecule has 0 saturated heterocycles. The van der Waals surface area contributed by atoms with Gasteiger partial charge in [-0.3, -0.25) is 0 Å². The van der Waals surface area contributed by atoms with E-state index in [1.165, 1.54) is 31.2 Å². The van der Waals surface area contributed by atoms with E-state index >= 15 is 0 Å². The second-order valence-electron chi connectivity index (χ2n) is 8.03. The van der Waals surface area contributed by atoms with Crippen LogP contribution < -0.4 is 4.48 Å². The van der Waals surface area contributed by atoms with Crippen molar-refractivity contribution in [2.75, 3.05) is 6.54 Å². The smallest absolute Gasteiger partial charge is 0.416 e. The van der Waals surface area contributed by atoms with Crippen LogP contribution in [0.4, 0.5) is 23.2 Å². The van der Waals surface area contributed by atoms with E-state index < -0.39 is 39.5 Å². The predicted octanol–water partition coefficient (Wildman–Crippen LogP) is 5.94. The summed E-state index contributed by atoms with van der Waals surface area (Å²) in [4.78, 5) is 25.7. The van der Waals surface area contributed by atoms with Crippen molar-refractivity contribution >= 4 is 23.1 Å². The van der Waals surface area contributed by atoms with Crippen LogP contribution in [0.2, 0.25) is 0 Å². The number of carbonyl (C=O) groups is 2. The molecule has 0 spiro atoms. The van der Waals surface area contributed by atoms with Crippen LogP contribution >= 0.6 is 0 Å². The van der Waals surface area contributed by atoms with E-state index in [2.05, 4.69) is 0 Å². The van der Waals surface area contributed by atoms with Gasteiger partial charge >= 0.3 is 18.1 Å². The second kappa shape index (κ2) is 8.86. The number of quaternary nitrogens is 1. The molecule has 0 radical (unpaired) electrons. The van der Waals surface area contributed by atoms with E-state index in [0.717, 1.165) is 18.6 Å². The van der Waals surface area contributed by atoms with E-state index in [9.17, 15) is 32.3 Å². The zero-order valence-corrected chi connectivity index (χ0v) is 17.8. The number of carboxylic acids is 1. The van der Waals surface area contributed by atoms with Gasteiger partial charge in [-0.2, -0.15) is 13.2 Å². The minimum Gasteiger partial charge on any atom is -0.477 e. The van der Waals surface area contributed by atoms with Gasteiger partial charge in [-0.05, 0) is 49.6 Å². The lowest BCUT2D eigenvalue weighted by atomic mass is 9.89. The second-order valence-corrected chi connectivity index (χ2v) is 8.03. The number of rotatable bonds is 7. The summed E-state index contributed by atoms with van der Waals surface area (Å²) in [5.74, 6) is -2.77. The summed E-state index contributed by atoms with van der Waals surface area (Å²) >= 11 is 0. The first-order valence-corrected chi connectivity index (χ1v) is 10.3. The molecule has 0 fully saturated rings. The highest BCUT2D eigenvalue weighted by Gasteiger charge is 2.50. The Morgan fingerprint density at radius 2 is 1.81 bits per heavy atom. The molecule has 1 aliphatic heterocycles. The number of aliphatic carboxylic acids is 1. The van der Waals surface area contributed by atoms with Crippen molar-refractivity contribution in [1.29, 1.82) is 0 Å². The van der Waals surface area contributed by atoms with Crippen molar-refractivity contribution in [2.45, 2.75) is 45.8 Å². The van der Waals surface area contributed by atoms with Crippen LogP contribution in [0.5, 0.6) is 0 Å². The number of nitrogens with zero attached hydrogens (tertiary/aromatic N) is 1. The number of benzene rings is 2. The predicted molar refractivity (Wildman–Crippen MR) is 113 cm³/mol. The topological polar surface area (TPSA) is 54.4 Å². The first-order valence-electron chi connectivity index (χ1n) is 10.3. The lowest BCUT2D eigenvalue weighted by molar-refractivity contribution is -0.139. The minimum absolute atomic E-state index is 0.0905. The Morgan fingerprint density at radius 1 is 1.09 bits per heavy atom. The van der Waals surface area contributed by atoms with Crippen molar-refractivity contribution < 1.29 is 32.3 Å². The Bertz CT molecular complexity index is 1090. The molecular weight excluding hydrogens is 426 g/mol. The van der Waals surface area contributed by atoms with Gasteiger partial charge in [0.1, 0.15) is 18.0 Å². The van der Waals surface area contributed by atoms with Gasteiger partial charge in [-0.25, -0.2) is 18.5 Å². The fraction of sp³-hybridized carbons (Fsp3) is 0.333. The Hall–Kier alpha value is -3.00. The number of hydrogen-bond donors (Lipinski definition) is 1. The number of allylic oxidation sites excluding steroid dienone is 1. The number of alkyl halides is 3. The van der Waals surface area contributed by atoms with Gasteiger partial charge in [-0.1, -0.05) is 25.5 Å². The van der Waals surface area contributed by atoms with Crippen LogP contribution in [0.15, 0.2) is 48.0 Å². The highest BCUT2D eigenvalue weighted by atomic mass is 19.4. The Morgan fingerprint density at radius 3 is 2.41 bits per heavy atom. The average Bonchev–Trinajstić information content (AvgIpc) is 2.71. The molecule has 1 aliphatic rings. The molecule has 1 unspecified atom stereocenters. The lowest BCUT2D eigenvalue weighted by Crippen LogP contribution is -2.57. The molecule has 2 aromatic rings. The maximum Gasteiger partial charge on any atom is 0.416 e. The quantitative estimate of drug-likeness (QED) is 0.246. The number of unbranched alkanes of at least 4 members (excludes halogenated alkanes) is 2. The molecule has 3 rings (SSSR count). The first-order chi connectivity index (χ1) is 15.0. The maximum atomic E-state index is 13.9. The third-order valence-electron chi connectivity index (χ3n) is 5.87. The Balaban J connectivity index is 2.32. The fourth-order valence-electron chi connectivity index (χ4n) is 4.29. The third-order valence-corrected chi connectivity index (χ3v) is 5.87. The number of carboxylic acid groups (broad SMARTS) is 1. The van der Waals surface area contributed by atoms with Gasteiger partial charge in [0.05, 0.1) is 12.1 Å². The molecule has 0 aliphatic carbocycles. The number of carbonyl (C=O) groups excluding carboxylic acids is 1. The molecule has 1 N–H and O–H groups in total. The van der Waals surface area contributed by atoms with Crippen molar-refractivity contribution in [2.24, 2.45) is 0 Å². The van der Waals surface area contributed by atoms with Crippen molar-refractivity contribution in [3.05, 3.63) is 70.5 Å². The summed E-state index contributed by atoms with van der Waals surface area (Å²) < 4.78 is 53.9. The molecular formula is C24H24F4NO3+. The summed E-state index contributed by atoms with van der Waals surface area (Å²) in [5.41, 5.74) is -0.495. The monoisotopic (exact) mass is 450 g/mol. The Kier molecular flexibility index (Phi) is 6.55. The van der Waals surface area contributed by atoms with Gasteiger partial charge in [-0.15, -0.1) is 0 Å². The van der Waals surface area contributed by atoms with Gasteiger partial charge in [0.25, 0.3) is 0 Å². The number of halogens is 4. The Labute approximate surface area is 183 Å². The SMILES string of the molecule is CCCCC[N+]1(Cc2cccc(F)c2)C(=O)C(C(=O)O)=C(C)c2ccc(C(F)(F)F)cc21. The highest BCUT2D eigenvalue weighted by Crippen LogP contribution is 2.45. The first kappa shape index (κ1) is 23.7. The molecule has 1 heterocycles. The largest absolute Gasteiger partial charge is 0.477 e. The third kappa shape index (κ3) is 4.32. The fourth-order valence-corrected chi connectivity index (χ4v) is 4.29. The maximum absolute atomic E-state index is 13.9. The summed E-state index contributed by atoms with van der Waals surface area (Å²) in [5, 5.41) is 9.77. The molecule has 2 aromatic carbocycles. The van der Waals surface area contributed by atoms with E-state index in [1.807, 2.05) is 6.92 Å². The molecule has 32 heavy (non-hydrogen) atoms. The minimum atomic E-state index is -4.64. The van der Waals surface area contributed by atoms with E-state index in [0.29, 0.717) is 18.4 Å². The van der Waals surface area contributed by atoms with Crippen LogP contribution in [-0.4, -0.2) is 23.5 Å². The molecule has 0 saturated carbocycles. The standard InChI is InChI=1S/C24H23F4NO3/c1-3-4-5-11-29(14-16-7-6-8-18(25)12-16)20-13-17(24(26,27)28)9-10-19(20)15(2)21(22(29)30)23(31)32/h6-10,12-13H,3-5,11,14H2,1-2H3/p+1. The van der Waals surface area contributed by atoms with Crippen LogP contribution in [0, 0.1) is 5.82 Å². The van der Waals surface area contributed by atoms with Gasteiger partial charge in [0.15, 0.2) is 5.57 Å². The average molecular weight is 450 g/mol. The number of hydrogen-bond acceptors (Lipinski definition) is 2.